The average Bonchev–Trinajstić information content (AvgIpc) is 2.46. The molecule has 1 aromatic carbocycles. The van der Waals surface area contributed by atoms with Gasteiger partial charge >= 0.3 is 11.6 Å². The van der Waals surface area contributed by atoms with Crippen LogP contribution in [0, 0.1) is 0 Å². The Kier molecular flexibility index (Phi) is 4.65. The number of ether oxygens (including phenoxy) is 2. The summed E-state index contributed by atoms with van der Waals surface area (Å²) in [5.74, 6) is -0.151. The molecule has 5 nitrogen and oxygen atoms in total. The number of methoxy groups -OCH3 is 1. The zero-order valence-corrected chi connectivity index (χ0v) is 12.8. The summed E-state index contributed by atoms with van der Waals surface area (Å²) in [5.41, 5.74) is 1.41. The summed E-state index contributed by atoms with van der Waals surface area (Å²) in [6, 6.07) is 6.65. The fourth-order valence-electron chi connectivity index (χ4n) is 2.32. The minimum atomic E-state index is -0.449. The Morgan fingerprint density at radius 2 is 1.95 bits per heavy atom. The Morgan fingerprint density at radius 1 is 1.27 bits per heavy atom. The van der Waals surface area contributed by atoms with Gasteiger partial charge in [0.25, 0.3) is 0 Å². The second-order valence-corrected chi connectivity index (χ2v) is 5.06. The number of hydrogen-bond acceptors (Lipinski definition) is 5. The van der Waals surface area contributed by atoms with Gasteiger partial charge in [0.15, 0.2) is 0 Å². The predicted molar refractivity (Wildman–Crippen MR) is 83.2 cm³/mol. The van der Waals surface area contributed by atoms with Gasteiger partial charge in [-0.05, 0) is 25.1 Å². The molecule has 0 fully saturated rings. The van der Waals surface area contributed by atoms with Crippen molar-refractivity contribution in [1.82, 2.24) is 0 Å². The maximum atomic E-state index is 11.6. The van der Waals surface area contributed by atoms with Crippen LogP contribution in [0.15, 0.2) is 45.6 Å². The molecule has 22 heavy (non-hydrogen) atoms. The molecule has 0 N–H and O–H groups in total. The van der Waals surface area contributed by atoms with Crippen molar-refractivity contribution in [2.45, 2.75) is 19.8 Å². The lowest BCUT2D eigenvalue weighted by atomic mass is 9.91. The summed E-state index contributed by atoms with van der Waals surface area (Å²) in [4.78, 5) is 22.7. The molecule has 0 amide bonds. The first-order chi connectivity index (χ1) is 10.4. The molecule has 1 atom stereocenters. The number of rotatable bonds is 5. The van der Waals surface area contributed by atoms with E-state index in [1.165, 1.54) is 20.1 Å². The van der Waals surface area contributed by atoms with E-state index in [0.29, 0.717) is 16.9 Å². The van der Waals surface area contributed by atoms with Crippen molar-refractivity contribution in [3.05, 3.63) is 52.4 Å². The smallest absolute Gasteiger partial charge is 0.336 e. The SMILES string of the molecule is C=C(C)[C@@H](COC(C)=O)c1c(OC)ccc2ccc(=O)oc12. The summed E-state index contributed by atoms with van der Waals surface area (Å²) in [6.07, 6.45) is 0. The van der Waals surface area contributed by atoms with Gasteiger partial charge in [-0.25, -0.2) is 4.79 Å². The second kappa shape index (κ2) is 6.47. The highest BCUT2D eigenvalue weighted by atomic mass is 16.5. The average molecular weight is 302 g/mol. The monoisotopic (exact) mass is 302 g/mol. The van der Waals surface area contributed by atoms with Crippen LogP contribution in [0.1, 0.15) is 25.3 Å². The first kappa shape index (κ1) is 15.8. The molecule has 0 aliphatic heterocycles. The predicted octanol–water partition coefficient (Wildman–Crippen LogP) is 3.02. The van der Waals surface area contributed by atoms with Gasteiger partial charge in [-0.1, -0.05) is 12.2 Å². The molecule has 5 heteroatoms. The molecule has 0 aliphatic rings. The highest BCUT2D eigenvalue weighted by molar-refractivity contribution is 5.83. The Morgan fingerprint density at radius 3 is 2.55 bits per heavy atom. The van der Waals surface area contributed by atoms with Crippen LogP contribution in [0.5, 0.6) is 5.75 Å². The van der Waals surface area contributed by atoms with Crippen LogP contribution >= 0.6 is 0 Å². The van der Waals surface area contributed by atoms with Crippen molar-refractivity contribution >= 4 is 16.9 Å². The first-order valence-electron chi connectivity index (χ1n) is 6.83. The number of carbonyl (C=O) groups excluding carboxylic acids is 1. The van der Waals surface area contributed by atoms with Crippen molar-refractivity contribution in [2.24, 2.45) is 0 Å². The van der Waals surface area contributed by atoms with Crippen LogP contribution < -0.4 is 10.4 Å². The molecule has 0 bridgehead atoms. The third-order valence-electron chi connectivity index (χ3n) is 3.40. The molecular formula is C17H18O5. The van der Waals surface area contributed by atoms with Gasteiger partial charge in [-0.15, -0.1) is 0 Å². The summed E-state index contributed by atoms with van der Waals surface area (Å²) in [6.45, 7) is 7.23. The number of hydrogen-bond donors (Lipinski definition) is 0. The molecule has 0 aliphatic carbocycles. The molecule has 0 spiro atoms. The number of fused-ring (bicyclic) bond motifs is 1. The number of benzene rings is 1. The lowest BCUT2D eigenvalue weighted by Gasteiger charge is -2.20. The van der Waals surface area contributed by atoms with Crippen molar-refractivity contribution in [2.75, 3.05) is 13.7 Å². The summed E-state index contributed by atoms with van der Waals surface area (Å²) in [7, 11) is 1.53. The Hall–Kier alpha value is -2.56. The van der Waals surface area contributed by atoms with Crippen molar-refractivity contribution in [1.29, 1.82) is 0 Å². The lowest BCUT2D eigenvalue weighted by Crippen LogP contribution is -2.13. The van der Waals surface area contributed by atoms with Crippen LogP contribution in [0.25, 0.3) is 11.0 Å². The van der Waals surface area contributed by atoms with Gasteiger partial charge in [-0.3, -0.25) is 4.79 Å². The van der Waals surface area contributed by atoms with Crippen molar-refractivity contribution in [3.8, 4) is 5.75 Å². The molecule has 1 heterocycles. The molecule has 0 saturated carbocycles. The largest absolute Gasteiger partial charge is 0.496 e. The topological polar surface area (TPSA) is 65.7 Å². The normalized spacial score (nSPS) is 12.0. The van der Waals surface area contributed by atoms with E-state index in [0.717, 1.165) is 11.0 Å². The van der Waals surface area contributed by atoms with E-state index in [2.05, 4.69) is 6.58 Å². The highest BCUT2D eigenvalue weighted by Gasteiger charge is 2.23. The van der Waals surface area contributed by atoms with Gasteiger partial charge < -0.3 is 13.9 Å². The third kappa shape index (κ3) is 3.19. The van der Waals surface area contributed by atoms with Gasteiger partial charge in [0.05, 0.1) is 7.11 Å². The molecule has 1 aromatic heterocycles. The van der Waals surface area contributed by atoms with E-state index >= 15 is 0 Å². The fourth-order valence-corrected chi connectivity index (χ4v) is 2.32. The fraction of sp³-hybridized carbons (Fsp3) is 0.294. The standard InChI is InChI=1S/C17H18O5/c1-10(2)13(9-21-11(3)18)16-14(20-4)7-5-12-6-8-15(19)22-17(12)16/h5-8,13H,1,9H2,2-4H3/t13-/m1/s1. The van der Waals surface area contributed by atoms with E-state index in [9.17, 15) is 9.59 Å². The summed E-state index contributed by atoms with van der Waals surface area (Å²) < 4.78 is 15.9. The Labute approximate surface area is 128 Å². The maximum Gasteiger partial charge on any atom is 0.336 e. The molecule has 2 aromatic rings. The van der Waals surface area contributed by atoms with Crippen LogP contribution in [-0.4, -0.2) is 19.7 Å². The van der Waals surface area contributed by atoms with Crippen molar-refractivity contribution in [3.63, 3.8) is 0 Å². The molecular weight excluding hydrogens is 284 g/mol. The summed E-state index contributed by atoms with van der Waals surface area (Å²) in [5, 5.41) is 0.768. The third-order valence-corrected chi connectivity index (χ3v) is 3.40. The number of esters is 1. The van der Waals surface area contributed by atoms with E-state index in [-0.39, 0.29) is 18.5 Å². The minimum Gasteiger partial charge on any atom is -0.496 e. The van der Waals surface area contributed by atoms with E-state index in [1.54, 1.807) is 12.1 Å². The lowest BCUT2D eigenvalue weighted by molar-refractivity contribution is -0.141. The molecule has 0 radical (unpaired) electrons. The van der Waals surface area contributed by atoms with Gasteiger partial charge in [0, 0.05) is 29.9 Å². The van der Waals surface area contributed by atoms with E-state index in [1.807, 2.05) is 13.0 Å². The van der Waals surface area contributed by atoms with E-state index < -0.39 is 5.63 Å². The maximum absolute atomic E-state index is 11.6. The highest BCUT2D eigenvalue weighted by Crippen LogP contribution is 2.37. The van der Waals surface area contributed by atoms with Gasteiger partial charge in [0.2, 0.25) is 0 Å². The molecule has 116 valence electrons. The van der Waals surface area contributed by atoms with Crippen LogP contribution in [0.2, 0.25) is 0 Å². The Bertz CT molecular complexity index is 772. The summed E-state index contributed by atoms with van der Waals surface area (Å²) >= 11 is 0. The Balaban J connectivity index is 2.67. The van der Waals surface area contributed by atoms with Crippen LogP contribution in [-0.2, 0) is 9.53 Å². The van der Waals surface area contributed by atoms with E-state index in [4.69, 9.17) is 13.9 Å². The number of carbonyl (C=O) groups is 1. The molecule has 0 saturated heterocycles. The van der Waals surface area contributed by atoms with Crippen molar-refractivity contribution < 1.29 is 18.7 Å². The second-order valence-electron chi connectivity index (χ2n) is 5.06. The minimum absolute atomic E-state index is 0.110. The molecule has 2 rings (SSSR count). The van der Waals surface area contributed by atoms with Gasteiger partial charge in [-0.2, -0.15) is 0 Å². The first-order valence-corrected chi connectivity index (χ1v) is 6.83. The quantitative estimate of drug-likeness (QED) is 0.482. The zero-order valence-electron chi connectivity index (χ0n) is 12.8. The van der Waals surface area contributed by atoms with Gasteiger partial charge in [0.1, 0.15) is 17.9 Å². The van der Waals surface area contributed by atoms with Crippen LogP contribution in [0.3, 0.4) is 0 Å². The van der Waals surface area contributed by atoms with Crippen LogP contribution in [0.4, 0.5) is 0 Å². The zero-order chi connectivity index (χ0) is 16.3. The molecule has 0 unspecified atom stereocenters.